The molecule has 0 atom stereocenters. The highest BCUT2D eigenvalue weighted by Crippen LogP contribution is 2.20. The Bertz CT molecular complexity index is 488. The molecule has 76 valence electrons. The van der Waals surface area contributed by atoms with E-state index in [4.69, 9.17) is 0 Å². The molecule has 3 nitrogen and oxygen atoms in total. The lowest BCUT2D eigenvalue weighted by Crippen LogP contribution is -1.88. The maximum absolute atomic E-state index is 12.7. The van der Waals surface area contributed by atoms with E-state index in [2.05, 4.69) is 5.10 Å². The van der Waals surface area contributed by atoms with Crippen LogP contribution >= 0.6 is 0 Å². The molecule has 0 unspecified atom stereocenters. The highest BCUT2D eigenvalue weighted by atomic mass is 19.1. The van der Waals surface area contributed by atoms with Gasteiger partial charge in [-0.15, -0.1) is 0 Å². The first-order valence-electron chi connectivity index (χ1n) is 4.45. The number of rotatable bonds is 2. The van der Waals surface area contributed by atoms with E-state index in [0.717, 1.165) is 11.8 Å². The zero-order chi connectivity index (χ0) is 10.8. The minimum absolute atomic E-state index is 0.303. The quantitative estimate of drug-likeness (QED) is 0.701. The molecule has 0 amide bonds. The molecule has 0 bridgehead atoms. The van der Waals surface area contributed by atoms with Gasteiger partial charge in [-0.3, -0.25) is 9.48 Å². The van der Waals surface area contributed by atoms with Crippen molar-refractivity contribution in [1.82, 2.24) is 9.78 Å². The Morgan fingerprint density at radius 1 is 1.33 bits per heavy atom. The molecule has 15 heavy (non-hydrogen) atoms. The van der Waals surface area contributed by atoms with Crippen LogP contribution in [0.5, 0.6) is 0 Å². The highest BCUT2D eigenvalue weighted by Gasteiger charge is 2.08. The maximum atomic E-state index is 12.7. The molecule has 0 saturated heterocycles. The van der Waals surface area contributed by atoms with Gasteiger partial charge in [0, 0.05) is 18.8 Å². The molecular weight excluding hydrogens is 195 g/mol. The van der Waals surface area contributed by atoms with Crippen molar-refractivity contribution in [3.63, 3.8) is 0 Å². The summed E-state index contributed by atoms with van der Waals surface area (Å²) in [6.45, 7) is 0. The molecule has 0 spiro atoms. The maximum Gasteiger partial charge on any atom is 0.153 e. The Balaban J connectivity index is 2.52. The van der Waals surface area contributed by atoms with Gasteiger partial charge in [0.15, 0.2) is 6.29 Å². The van der Waals surface area contributed by atoms with Crippen LogP contribution in [0.25, 0.3) is 11.3 Å². The van der Waals surface area contributed by atoms with Crippen molar-refractivity contribution in [3.05, 3.63) is 41.8 Å². The third-order valence-corrected chi connectivity index (χ3v) is 2.10. The predicted molar refractivity (Wildman–Crippen MR) is 54.0 cm³/mol. The van der Waals surface area contributed by atoms with Gasteiger partial charge in [0.1, 0.15) is 11.5 Å². The Hall–Kier alpha value is -1.97. The van der Waals surface area contributed by atoms with E-state index in [0.29, 0.717) is 11.3 Å². The fourth-order valence-electron chi connectivity index (χ4n) is 1.43. The van der Waals surface area contributed by atoms with Crippen LogP contribution in [0, 0.1) is 5.82 Å². The zero-order valence-electron chi connectivity index (χ0n) is 8.14. The Morgan fingerprint density at radius 2 is 2.00 bits per heavy atom. The lowest BCUT2D eigenvalue weighted by Gasteiger charge is -1.97. The van der Waals surface area contributed by atoms with Crippen molar-refractivity contribution in [2.45, 2.75) is 0 Å². The fourth-order valence-corrected chi connectivity index (χ4v) is 1.43. The van der Waals surface area contributed by atoms with Gasteiger partial charge < -0.3 is 0 Å². The zero-order valence-corrected chi connectivity index (χ0v) is 8.14. The van der Waals surface area contributed by atoms with E-state index in [1.54, 1.807) is 30.1 Å². The van der Waals surface area contributed by atoms with Gasteiger partial charge >= 0.3 is 0 Å². The predicted octanol–water partition coefficient (Wildman–Crippen LogP) is 2.04. The minimum Gasteiger partial charge on any atom is -0.298 e. The van der Waals surface area contributed by atoms with E-state index in [1.165, 1.54) is 12.1 Å². The van der Waals surface area contributed by atoms with Crippen LogP contribution in [-0.4, -0.2) is 16.1 Å². The average molecular weight is 204 g/mol. The standard InChI is InChI=1S/C11H9FN2O/c1-14-6-9(7-15)11(13-14)8-2-4-10(12)5-3-8/h2-7H,1H3. The SMILES string of the molecule is Cn1cc(C=O)c(-c2ccc(F)cc2)n1. The number of hydrogen-bond donors (Lipinski definition) is 0. The first-order chi connectivity index (χ1) is 7.20. The molecule has 2 rings (SSSR count). The topological polar surface area (TPSA) is 34.9 Å². The molecule has 0 saturated carbocycles. The summed E-state index contributed by atoms with van der Waals surface area (Å²) in [5.41, 5.74) is 1.82. The first-order valence-corrected chi connectivity index (χ1v) is 4.45. The third kappa shape index (κ3) is 1.79. The molecule has 1 heterocycles. The number of aryl methyl sites for hydroxylation is 1. The average Bonchev–Trinajstić information content (AvgIpc) is 2.61. The van der Waals surface area contributed by atoms with Gasteiger partial charge in [0.05, 0.1) is 5.56 Å². The molecule has 0 aliphatic rings. The van der Waals surface area contributed by atoms with Crippen LogP contribution in [0.15, 0.2) is 30.5 Å². The smallest absolute Gasteiger partial charge is 0.153 e. The van der Waals surface area contributed by atoms with Crippen LogP contribution < -0.4 is 0 Å². The monoisotopic (exact) mass is 204 g/mol. The fraction of sp³-hybridized carbons (Fsp3) is 0.0909. The second-order valence-corrected chi connectivity index (χ2v) is 3.23. The molecule has 0 N–H and O–H groups in total. The summed E-state index contributed by atoms with van der Waals surface area (Å²) < 4.78 is 14.3. The third-order valence-electron chi connectivity index (χ3n) is 2.10. The number of benzene rings is 1. The molecule has 4 heteroatoms. The number of nitrogens with zero attached hydrogens (tertiary/aromatic N) is 2. The summed E-state index contributed by atoms with van der Waals surface area (Å²) >= 11 is 0. The minimum atomic E-state index is -0.303. The van der Waals surface area contributed by atoms with E-state index in [-0.39, 0.29) is 5.82 Å². The van der Waals surface area contributed by atoms with Crippen LogP contribution in [0.2, 0.25) is 0 Å². The van der Waals surface area contributed by atoms with Crippen LogP contribution in [0.3, 0.4) is 0 Å². The van der Waals surface area contributed by atoms with Crippen molar-refractivity contribution in [1.29, 1.82) is 0 Å². The van der Waals surface area contributed by atoms with Crippen molar-refractivity contribution >= 4 is 6.29 Å². The molecule has 1 aromatic heterocycles. The lowest BCUT2D eigenvalue weighted by atomic mass is 10.1. The van der Waals surface area contributed by atoms with Gasteiger partial charge in [-0.25, -0.2) is 4.39 Å². The largest absolute Gasteiger partial charge is 0.298 e. The van der Waals surface area contributed by atoms with Crippen molar-refractivity contribution in [2.24, 2.45) is 7.05 Å². The van der Waals surface area contributed by atoms with E-state index in [1.807, 2.05) is 0 Å². The van der Waals surface area contributed by atoms with Crippen LogP contribution in [-0.2, 0) is 7.05 Å². The van der Waals surface area contributed by atoms with Crippen molar-refractivity contribution in [2.75, 3.05) is 0 Å². The summed E-state index contributed by atoms with van der Waals surface area (Å²) in [6, 6.07) is 5.90. The van der Waals surface area contributed by atoms with E-state index < -0.39 is 0 Å². The van der Waals surface area contributed by atoms with Gasteiger partial charge in [0.25, 0.3) is 0 Å². The van der Waals surface area contributed by atoms with Crippen molar-refractivity contribution < 1.29 is 9.18 Å². The number of aldehydes is 1. The molecule has 0 fully saturated rings. The van der Waals surface area contributed by atoms with Gasteiger partial charge in [-0.2, -0.15) is 5.10 Å². The second-order valence-electron chi connectivity index (χ2n) is 3.23. The Labute approximate surface area is 86.2 Å². The molecular formula is C11H9FN2O. The first kappa shape index (κ1) is 9.58. The Morgan fingerprint density at radius 3 is 2.60 bits per heavy atom. The van der Waals surface area contributed by atoms with E-state index >= 15 is 0 Å². The summed E-state index contributed by atoms with van der Waals surface area (Å²) in [7, 11) is 1.74. The Kier molecular flexibility index (Phi) is 2.33. The summed E-state index contributed by atoms with van der Waals surface area (Å²) in [6.07, 6.45) is 2.37. The number of halogens is 1. The molecule has 0 aliphatic carbocycles. The number of carbonyl (C=O) groups excluding carboxylic acids is 1. The molecule has 0 radical (unpaired) electrons. The summed E-state index contributed by atoms with van der Waals surface area (Å²) in [5.74, 6) is -0.303. The van der Waals surface area contributed by atoms with Crippen molar-refractivity contribution in [3.8, 4) is 11.3 Å². The number of hydrogen-bond acceptors (Lipinski definition) is 2. The second kappa shape index (κ2) is 3.65. The summed E-state index contributed by atoms with van der Waals surface area (Å²) in [4.78, 5) is 10.8. The van der Waals surface area contributed by atoms with Gasteiger partial charge in [-0.05, 0) is 24.3 Å². The molecule has 2 aromatic rings. The molecule has 1 aromatic carbocycles. The number of carbonyl (C=O) groups is 1. The number of aromatic nitrogens is 2. The van der Waals surface area contributed by atoms with Gasteiger partial charge in [0.2, 0.25) is 0 Å². The normalized spacial score (nSPS) is 10.3. The van der Waals surface area contributed by atoms with E-state index in [9.17, 15) is 9.18 Å². The van der Waals surface area contributed by atoms with Crippen LogP contribution in [0.4, 0.5) is 4.39 Å². The lowest BCUT2D eigenvalue weighted by molar-refractivity contribution is 0.112. The van der Waals surface area contributed by atoms with Crippen LogP contribution in [0.1, 0.15) is 10.4 Å². The van der Waals surface area contributed by atoms with Gasteiger partial charge in [-0.1, -0.05) is 0 Å². The highest BCUT2D eigenvalue weighted by molar-refractivity contribution is 5.85. The molecule has 0 aliphatic heterocycles. The summed E-state index contributed by atoms with van der Waals surface area (Å²) in [5, 5.41) is 4.14.